The SMILES string of the molecule is CSC1(CNC(=O)CCC2CCCCN2)CCCCC1. The van der Waals surface area contributed by atoms with E-state index in [-0.39, 0.29) is 5.91 Å². The Balaban J connectivity index is 1.65. The summed E-state index contributed by atoms with van der Waals surface area (Å²) < 4.78 is 0.316. The number of thioether (sulfide) groups is 1. The lowest BCUT2D eigenvalue weighted by Gasteiger charge is -2.36. The molecule has 116 valence electrons. The van der Waals surface area contributed by atoms with Crippen molar-refractivity contribution in [1.82, 2.24) is 10.6 Å². The standard InChI is InChI=1S/C16H30N2OS/c1-20-16(10-4-2-5-11-16)13-18-15(19)9-8-14-7-3-6-12-17-14/h14,17H,2-13H2,1H3,(H,18,19). The number of nitrogens with one attached hydrogen (secondary N) is 2. The van der Waals surface area contributed by atoms with E-state index in [0.717, 1.165) is 19.5 Å². The quantitative estimate of drug-likeness (QED) is 0.792. The van der Waals surface area contributed by atoms with Crippen LogP contribution in [0.2, 0.25) is 0 Å². The van der Waals surface area contributed by atoms with Crippen molar-refractivity contribution in [2.45, 2.75) is 75.0 Å². The highest BCUT2D eigenvalue weighted by Crippen LogP contribution is 2.37. The van der Waals surface area contributed by atoms with Crippen molar-refractivity contribution in [3.8, 4) is 0 Å². The molecule has 1 unspecified atom stereocenters. The molecule has 3 nitrogen and oxygen atoms in total. The predicted molar refractivity (Wildman–Crippen MR) is 87.2 cm³/mol. The number of carbonyl (C=O) groups excluding carboxylic acids is 1. The lowest BCUT2D eigenvalue weighted by Crippen LogP contribution is -2.42. The van der Waals surface area contributed by atoms with Crippen molar-refractivity contribution in [3.63, 3.8) is 0 Å². The maximum atomic E-state index is 12.0. The molecule has 2 fully saturated rings. The van der Waals surface area contributed by atoms with E-state index < -0.39 is 0 Å². The van der Waals surface area contributed by atoms with Gasteiger partial charge in [0.2, 0.25) is 5.91 Å². The minimum Gasteiger partial charge on any atom is -0.355 e. The van der Waals surface area contributed by atoms with Gasteiger partial charge in [0, 0.05) is 23.8 Å². The van der Waals surface area contributed by atoms with Crippen molar-refractivity contribution in [2.24, 2.45) is 0 Å². The molecule has 1 saturated heterocycles. The van der Waals surface area contributed by atoms with E-state index in [2.05, 4.69) is 16.9 Å². The van der Waals surface area contributed by atoms with E-state index in [4.69, 9.17) is 0 Å². The highest BCUT2D eigenvalue weighted by molar-refractivity contribution is 8.00. The van der Waals surface area contributed by atoms with Gasteiger partial charge in [-0.2, -0.15) is 11.8 Å². The molecule has 2 N–H and O–H groups in total. The normalized spacial score (nSPS) is 26.1. The fourth-order valence-corrected chi connectivity index (χ4v) is 4.39. The maximum absolute atomic E-state index is 12.0. The van der Waals surface area contributed by atoms with Crippen molar-refractivity contribution in [3.05, 3.63) is 0 Å². The largest absolute Gasteiger partial charge is 0.355 e. The Bertz CT molecular complexity index is 297. The smallest absolute Gasteiger partial charge is 0.220 e. The first kappa shape index (κ1) is 16.2. The van der Waals surface area contributed by atoms with Crippen LogP contribution in [0.25, 0.3) is 0 Å². The van der Waals surface area contributed by atoms with Gasteiger partial charge in [-0.05, 0) is 44.9 Å². The van der Waals surface area contributed by atoms with Crippen molar-refractivity contribution < 1.29 is 4.79 Å². The zero-order chi connectivity index (χ0) is 14.3. The molecule has 20 heavy (non-hydrogen) atoms. The molecule has 1 aliphatic heterocycles. The van der Waals surface area contributed by atoms with Gasteiger partial charge in [0.1, 0.15) is 0 Å². The number of carbonyl (C=O) groups is 1. The zero-order valence-electron chi connectivity index (χ0n) is 12.9. The molecule has 0 aromatic heterocycles. The van der Waals surface area contributed by atoms with E-state index >= 15 is 0 Å². The molecule has 1 heterocycles. The third kappa shape index (κ3) is 4.96. The average Bonchev–Trinajstić information content (AvgIpc) is 2.53. The Morgan fingerprint density at radius 3 is 2.70 bits per heavy atom. The molecule has 1 amide bonds. The Morgan fingerprint density at radius 2 is 2.05 bits per heavy atom. The minimum atomic E-state index is 0.247. The monoisotopic (exact) mass is 298 g/mol. The van der Waals surface area contributed by atoms with Crippen LogP contribution >= 0.6 is 11.8 Å². The molecule has 0 aromatic carbocycles. The number of hydrogen-bond donors (Lipinski definition) is 2. The van der Waals surface area contributed by atoms with Crippen LogP contribution in [0, 0.1) is 0 Å². The van der Waals surface area contributed by atoms with Crippen molar-refractivity contribution >= 4 is 17.7 Å². The van der Waals surface area contributed by atoms with Crippen LogP contribution < -0.4 is 10.6 Å². The van der Waals surface area contributed by atoms with Crippen molar-refractivity contribution in [1.29, 1.82) is 0 Å². The fraction of sp³-hybridized carbons (Fsp3) is 0.938. The number of rotatable bonds is 6. The van der Waals surface area contributed by atoms with Gasteiger partial charge in [-0.15, -0.1) is 0 Å². The molecule has 0 spiro atoms. The van der Waals surface area contributed by atoms with Crippen molar-refractivity contribution in [2.75, 3.05) is 19.3 Å². The molecule has 2 rings (SSSR count). The Labute approximate surface area is 128 Å². The van der Waals surface area contributed by atoms with E-state index in [1.165, 1.54) is 51.4 Å². The summed E-state index contributed by atoms with van der Waals surface area (Å²) in [5, 5.41) is 6.71. The number of amides is 1. The lowest BCUT2D eigenvalue weighted by molar-refractivity contribution is -0.121. The van der Waals surface area contributed by atoms with E-state index in [1.54, 1.807) is 0 Å². The molecule has 4 heteroatoms. The average molecular weight is 298 g/mol. The molecule has 0 aromatic rings. The lowest BCUT2D eigenvalue weighted by atomic mass is 9.88. The summed E-state index contributed by atoms with van der Waals surface area (Å²) in [7, 11) is 0. The number of piperidine rings is 1. The van der Waals surface area contributed by atoms with Gasteiger partial charge in [-0.25, -0.2) is 0 Å². The van der Waals surface area contributed by atoms with Crippen LogP contribution in [-0.2, 0) is 4.79 Å². The van der Waals surface area contributed by atoms with Crippen LogP contribution in [0.15, 0.2) is 0 Å². The van der Waals surface area contributed by atoms with Crippen LogP contribution in [0.1, 0.15) is 64.2 Å². The second kappa shape index (κ2) is 8.28. The topological polar surface area (TPSA) is 41.1 Å². The second-order valence-electron chi connectivity index (χ2n) is 6.41. The van der Waals surface area contributed by atoms with Gasteiger partial charge in [0.15, 0.2) is 0 Å². The summed E-state index contributed by atoms with van der Waals surface area (Å²) in [5.74, 6) is 0.247. The van der Waals surface area contributed by atoms with Gasteiger partial charge in [0.05, 0.1) is 0 Å². The van der Waals surface area contributed by atoms with Gasteiger partial charge in [-0.3, -0.25) is 4.79 Å². The summed E-state index contributed by atoms with van der Waals surface area (Å²) in [6, 6.07) is 0.568. The van der Waals surface area contributed by atoms with Gasteiger partial charge >= 0.3 is 0 Å². The summed E-state index contributed by atoms with van der Waals surface area (Å²) in [6.07, 6.45) is 14.3. The van der Waals surface area contributed by atoms with Gasteiger partial charge < -0.3 is 10.6 Å². The van der Waals surface area contributed by atoms with Crippen LogP contribution in [0.5, 0.6) is 0 Å². The predicted octanol–water partition coefficient (Wildman–Crippen LogP) is 3.09. The maximum Gasteiger partial charge on any atom is 0.220 e. The molecular weight excluding hydrogens is 268 g/mol. The van der Waals surface area contributed by atoms with Gasteiger partial charge in [0.25, 0.3) is 0 Å². The first-order valence-corrected chi connectivity index (χ1v) is 9.52. The van der Waals surface area contributed by atoms with E-state index in [9.17, 15) is 4.79 Å². The highest BCUT2D eigenvalue weighted by atomic mass is 32.2. The minimum absolute atomic E-state index is 0.247. The van der Waals surface area contributed by atoms with Crippen LogP contribution in [0.3, 0.4) is 0 Å². The molecular formula is C16H30N2OS. The highest BCUT2D eigenvalue weighted by Gasteiger charge is 2.31. The fourth-order valence-electron chi connectivity index (χ4n) is 3.47. The first-order valence-electron chi connectivity index (χ1n) is 8.29. The zero-order valence-corrected chi connectivity index (χ0v) is 13.7. The summed E-state index contributed by atoms with van der Waals surface area (Å²) >= 11 is 1.95. The molecule has 1 saturated carbocycles. The van der Waals surface area contributed by atoms with Gasteiger partial charge in [-0.1, -0.05) is 25.7 Å². The molecule has 2 aliphatic rings. The third-order valence-electron chi connectivity index (χ3n) is 4.94. The van der Waals surface area contributed by atoms with Crippen LogP contribution in [0.4, 0.5) is 0 Å². The summed E-state index contributed by atoms with van der Waals surface area (Å²) in [6.45, 7) is 1.99. The molecule has 1 aliphatic carbocycles. The summed E-state index contributed by atoms with van der Waals surface area (Å²) in [5.41, 5.74) is 0. The molecule has 0 radical (unpaired) electrons. The Morgan fingerprint density at radius 1 is 1.25 bits per heavy atom. The first-order chi connectivity index (χ1) is 9.74. The molecule has 1 atom stereocenters. The Hall–Kier alpha value is -0.220. The van der Waals surface area contributed by atoms with E-state index in [0.29, 0.717) is 17.2 Å². The molecule has 0 bridgehead atoms. The second-order valence-corrected chi connectivity index (χ2v) is 7.68. The number of hydrogen-bond acceptors (Lipinski definition) is 3. The van der Waals surface area contributed by atoms with Crippen LogP contribution in [-0.4, -0.2) is 36.0 Å². The van der Waals surface area contributed by atoms with E-state index in [1.807, 2.05) is 11.8 Å². The summed E-state index contributed by atoms with van der Waals surface area (Å²) in [4.78, 5) is 12.0. The third-order valence-corrected chi connectivity index (χ3v) is 6.36. The Kier molecular flexibility index (Phi) is 6.69.